The normalized spacial score (nSPS) is 15.6. The molecule has 9 nitrogen and oxygen atoms in total. The van der Waals surface area contributed by atoms with Crippen molar-refractivity contribution in [2.45, 2.75) is 45.1 Å². The van der Waals surface area contributed by atoms with E-state index in [1.54, 1.807) is 37.6 Å². The Labute approximate surface area is 201 Å². The minimum absolute atomic E-state index is 0.192. The smallest absolute Gasteiger partial charge is 0.243 e. The zero-order valence-electron chi connectivity index (χ0n) is 20.3. The number of amides is 1. The molecular weight excluding hydrogens is 456 g/mol. The van der Waals surface area contributed by atoms with Crippen molar-refractivity contribution in [1.29, 1.82) is 0 Å². The third-order valence-electron chi connectivity index (χ3n) is 6.11. The highest BCUT2D eigenvalue weighted by molar-refractivity contribution is 7.89. The SMILES string of the molecule is CCOc1ccc(S(=O)(=O)N2CCC(C(=O)NN=Cc3cc(C)n(CCOC)c3C)CC2)cc1. The standard InChI is InChI=1S/C24H34N4O5S/c1-5-33-22-6-8-23(9-7-22)34(30,31)27-12-10-20(11-13-27)24(29)26-25-17-21-16-18(2)28(19(21)3)14-15-32-4/h6-9,16-17,20H,5,10-15H2,1-4H3,(H,26,29). The van der Waals surface area contributed by atoms with E-state index in [2.05, 4.69) is 15.1 Å². The first-order valence-corrected chi connectivity index (χ1v) is 12.9. The van der Waals surface area contributed by atoms with Gasteiger partial charge in [0.15, 0.2) is 0 Å². The van der Waals surface area contributed by atoms with Crippen molar-refractivity contribution in [2.75, 3.05) is 33.4 Å². The summed E-state index contributed by atoms with van der Waals surface area (Å²) in [5.74, 6) is 0.162. The van der Waals surface area contributed by atoms with Crippen LogP contribution in [0.15, 0.2) is 40.3 Å². The third kappa shape index (κ3) is 6.05. The van der Waals surface area contributed by atoms with Crippen molar-refractivity contribution < 1.29 is 22.7 Å². The molecule has 0 spiro atoms. The second-order valence-corrected chi connectivity index (χ2v) is 10.2. The summed E-state index contributed by atoms with van der Waals surface area (Å²) in [4.78, 5) is 12.8. The number of hydrogen-bond donors (Lipinski definition) is 1. The monoisotopic (exact) mass is 490 g/mol. The Morgan fingerprint density at radius 2 is 1.88 bits per heavy atom. The lowest BCUT2D eigenvalue weighted by Crippen LogP contribution is -2.42. The fraction of sp³-hybridized carbons (Fsp3) is 0.500. The van der Waals surface area contributed by atoms with E-state index >= 15 is 0 Å². The van der Waals surface area contributed by atoms with Gasteiger partial charge in [0.1, 0.15) is 5.75 Å². The number of methoxy groups -OCH3 is 1. The van der Waals surface area contributed by atoms with E-state index in [4.69, 9.17) is 9.47 Å². The van der Waals surface area contributed by atoms with Gasteiger partial charge in [0.2, 0.25) is 15.9 Å². The number of hydrazone groups is 1. The van der Waals surface area contributed by atoms with Crippen LogP contribution in [0.2, 0.25) is 0 Å². The predicted octanol–water partition coefficient (Wildman–Crippen LogP) is 2.70. The van der Waals surface area contributed by atoms with Gasteiger partial charge in [0.05, 0.1) is 24.3 Å². The molecule has 1 amide bonds. The van der Waals surface area contributed by atoms with E-state index in [-0.39, 0.29) is 29.8 Å². The third-order valence-corrected chi connectivity index (χ3v) is 8.02. The van der Waals surface area contributed by atoms with Crippen LogP contribution < -0.4 is 10.2 Å². The summed E-state index contributed by atoms with van der Waals surface area (Å²) >= 11 is 0. The van der Waals surface area contributed by atoms with Gasteiger partial charge in [-0.2, -0.15) is 9.41 Å². The maximum absolute atomic E-state index is 12.9. The fourth-order valence-electron chi connectivity index (χ4n) is 4.12. The zero-order chi connectivity index (χ0) is 24.7. The largest absolute Gasteiger partial charge is 0.494 e. The number of piperidine rings is 1. The van der Waals surface area contributed by atoms with Crippen LogP contribution in [0, 0.1) is 19.8 Å². The van der Waals surface area contributed by atoms with Crippen LogP contribution in [0.3, 0.4) is 0 Å². The first-order chi connectivity index (χ1) is 16.3. The first kappa shape index (κ1) is 25.9. The molecule has 34 heavy (non-hydrogen) atoms. The van der Waals surface area contributed by atoms with Crippen LogP contribution in [-0.4, -0.2) is 62.8 Å². The van der Waals surface area contributed by atoms with Gasteiger partial charge in [-0.1, -0.05) is 0 Å². The lowest BCUT2D eigenvalue weighted by Gasteiger charge is -2.30. The van der Waals surface area contributed by atoms with E-state index in [1.807, 2.05) is 26.8 Å². The number of nitrogens with zero attached hydrogens (tertiary/aromatic N) is 3. The highest BCUT2D eigenvalue weighted by Gasteiger charge is 2.32. The summed E-state index contributed by atoms with van der Waals surface area (Å²) in [7, 11) is -1.93. The van der Waals surface area contributed by atoms with E-state index in [1.165, 1.54) is 4.31 Å². The Kier molecular flexibility index (Phi) is 8.87. The molecule has 1 N–H and O–H groups in total. The van der Waals surface area contributed by atoms with Crippen LogP contribution in [-0.2, 0) is 26.1 Å². The topological polar surface area (TPSA) is 102 Å². The van der Waals surface area contributed by atoms with Gasteiger partial charge in [0.25, 0.3) is 0 Å². The van der Waals surface area contributed by atoms with Gasteiger partial charge in [-0.15, -0.1) is 0 Å². The molecule has 0 radical (unpaired) electrons. The quantitative estimate of drug-likeness (QED) is 0.408. The number of carbonyl (C=O) groups excluding carboxylic acids is 1. The van der Waals surface area contributed by atoms with Crippen molar-refractivity contribution in [3.05, 3.63) is 47.3 Å². The van der Waals surface area contributed by atoms with Crippen LogP contribution in [0.25, 0.3) is 0 Å². The molecule has 1 aromatic carbocycles. The van der Waals surface area contributed by atoms with Crippen molar-refractivity contribution in [2.24, 2.45) is 11.0 Å². The molecule has 0 bridgehead atoms. The van der Waals surface area contributed by atoms with Gasteiger partial charge >= 0.3 is 0 Å². The summed E-state index contributed by atoms with van der Waals surface area (Å²) < 4.78 is 40.0. The average Bonchev–Trinajstić information content (AvgIpc) is 3.10. The number of sulfonamides is 1. The molecule has 1 saturated heterocycles. The van der Waals surface area contributed by atoms with Crippen molar-refractivity contribution in [3.63, 3.8) is 0 Å². The molecule has 1 aliphatic heterocycles. The Balaban J connectivity index is 1.53. The lowest BCUT2D eigenvalue weighted by molar-refractivity contribution is -0.126. The average molecular weight is 491 g/mol. The molecule has 0 atom stereocenters. The van der Waals surface area contributed by atoms with E-state index < -0.39 is 10.0 Å². The predicted molar refractivity (Wildman–Crippen MR) is 131 cm³/mol. The Hall–Kier alpha value is -2.69. The van der Waals surface area contributed by atoms with Crippen molar-refractivity contribution >= 4 is 22.1 Å². The minimum Gasteiger partial charge on any atom is -0.494 e. The maximum Gasteiger partial charge on any atom is 0.243 e. The van der Waals surface area contributed by atoms with E-state index in [9.17, 15) is 13.2 Å². The fourth-order valence-corrected chi connectivity index (χ4v) is 5.59. The van der Waals surface area contributed by atoms with E-state index in [0.29, 0.717) is 31.8 Å². The van der Waals surface area contributed by atoms with Gasteiger partial charge in [-0.05, 0) is 63.9 Å². The number of ether oxygens (including phenoxy) is 2. The summed E-state index contributed by atoms with van der Waals surface area (Å²) in [6, 6.07) is 8.44. The highest BCUT2D eigenvalue weighted by Crippen LogP contribution is 2.25. The van der Waals surface area contributed by atoms with E-state index in [0.717, 1.165) is 23.5 Å². The van der Waals surface area contributed by atoms with Crippen LogP contribution in [0.4, 0.5) is 0 Å². The van der Waals surface area contributed by atoms with Crippen LogP contribution in [0.1, 0.15) is 36.7 Å². The molecule has 1 aromatic heterocycles. The molecule has 2 aromatic rings. The lowest BCUT2D eigenvalue weighted by atomic mass is 9.98. The molecular formula is C24H34N4O5S. The molecule has 186 valence electrons. The molecule has 1 aliphatic rings. The molecule has 1 fully saturated rings. The molecule has 10 heteroatoms. The Morgan fingerprint density at radius 3 is 2.50 bits per heavy atom. The molecule has 0 unspecified atom stereocenters. The second-order valence-electron chi connectivity index (χ2n) is 8.29. The summed E-state index contributed by atoms with van der Waals surface area (Å²) in [6.45, 7) is 8.38. The van der Waals surface area contributed by atoms with Crippen LogP contribution >= 0.6 is 0 Å². The number of benzene rings is 1. The maximum atomic E-state index is 12.9. The minimum atomic E-state index is -3.60. The summed E-state index contributed by atoms with van der Waals surface area (Å²) in [5, 5.41) is 4.14. The first-order valence-electron chi connectivity index (χ1n) is 11.5. The molecule has 2 heterocycles. The number of carbonyl (C=O) groups is 1. The van der Waals surface area contributed by atoms with Crippen molar-refractivity contribution in [3.8, 4) is 5.75 Å². The van der Waals surface area contributed by atoms with Crippen LogP contribution in [0.5, 0.6) is 5.75 Å². The summed E-state index contributed by atoms with van der Waals surface area (Å²) in [6.07, 6.45) is 2.54. The Morgan fingerprint density at radius 1 is 1.21 bits per heavy atom. The van der Waals surface area contributed by atoms with Gasteiger partial charge in [-0.25, -0.2) is 13.8 Å². The molecule has 3 rings (SSSR count). The number of aryl methyl sites for hydroxylation is 1. The van der Waals surface area contributed by atoms with Crippen molar-refractivity contribution in [1.82, 2.24) is 14.3 Å². The second kappa shape index (κ2) is 11.6. The number of hydrogen-bond acceptors (Lipinski definition) is 6. The summed E-state index contributed by atoms with van der Waals surface area (Å²) in [5.41, 5.74) is 5.71. The number of nitrogens with one attached hydrogen (secondary N) is 1. The zero-order valence-corrected chi connectivity index (χ0v) is 21.1. The van der Waals surface area contributed by atoms with Gasteiger partial charge in [-0.3, -0.25) is 4.79 Å². The molecule has 0 saturated carbocycles. The molecule has 0 aliphatic carbocycles. The van der Waals surface area contributed by atoms with Gasteiger partial charge < -0.3 is 14.0 Å². The Bertz CT molecular complexity index is 1100. The number of rotatable bonds is 10. The highest BCUT2D eigenvalue weighted by atomic mass is 32.2. The van der Waals surface area contributed by atoms with Gasteiger partial charge in [0, 0.05) is 49.6 Å². The number of aromatic nitrogens is 1.